The predicted octanol–water partition coefficient (Wildman–Crippen LogP) is 3.35. The van der Waals surface area contributed by atoms with Crippen molar-refractivity contribution in [3.63, 3.8) is 0 Å². The van der Waals surface area contributed by atoms with Gasteiger partial charge in [-0.3, -0.25) is 4.79 Å². The van der Waals surface area contributed by atoms with Crippen molar-refractivity contribution in [2.24, 2.45) is 52.8 Å². The van der Waals surface area contributed by atoms with Crippen LogP contribution in [0.2, 0.25) is 0 Å². The molecule has 0 heterocycles. The Morgan fingerprint density at radius 2 is 1.59 bits per heavy atom. The summed E-state index contributed by atoms with van der Waals surface area (Å²) < 4.78 is 45.1. The van der Waals surface area contributed by atoms with Crippen molar-refractivity contribution in [1.82, 2.24) is 0 Å². The second-order valence-electron chi connectivity index (χ2n) is 12.2. The maximum Gasteiger partial charge on any atom is 1.00 e. The first-order chi connectivity index (χ1) is 18.9. The number of methoxy groups -OCH3 is 1. The van der Waals surface area contributed by atoms with E-state index in [9.17, 15) is 27.9 Å². The molecule has 4 rings (SSSR count). The molecule has 2 N–H and O–H groups in total. The maximum absolute atomic E-state index is 13.3. The predicted molar refractivity (Wildman–Crippen MR) is 147 cm³/mol. The molecule has 4 aliphatic rings. The Morgan fingerprint density at radius 1 is 0.976 bits per heavy atom. The number of carboxylic acids is 2. The Kier molecular flexibility index (Phi) is 19.0. The third kappa shape index (κ3) is 10.9. The first-order valence-electron chi connectivity index (χ1n) is 15.3. The average molecular weight is 603 g/mol. The molecule has 0 saturated heterocycles. The van der Waals surface area contributed by atoms with Crippen molar-refractivity contribution < 1.29 is 72.4 Å². The zero-order valence-electron chi connectivity index (χ0n) is 26.5. The van der Waals surface area contributed by atoms with E-state index in [1.165, 1.54) is 32.1 Å². The summed E-state index contributed by atoms with van der Waals surface area (Å²) in [5, 5.41) is 24.4. The smallest absolute Gasteiger partial charge is 0.550 e. The molecule has 4 aliphatic carbocycles. The number of aliphatic hydroxyl groups is 1. The minimum absolute atomic E-state index is 0. The molecule has 0 amide bonds. The number of fused-ring (bicyclic) bond motifs is 5. The van der Waals surface area contributed by atoms with Gasteiger partial charge in [-0.25, -0.2) is 0 Å². The molecule has 0 aromatic rings. The molecule has 0 aromatic heterocycles. The monoisotopic (exact) mass is 602 g/mol. The van der Waals surface area contributed by atoms with Crippen molar-refractivity contribution >= 4 is 11.9 Å². The quantitative estimate of drug-likeness (QED) is 0.433. The van der Waals surface area contributed by atoms with Crippen LogP contribution in [0.3, 0.4) is 0 Å². The molecule has 41 heavy (non-hydrogen) atoms. The van der Waals surface area contributed by atoms with E-state index >= 15 is 0 Å². The third-order valence-electron chi connectivity index (χ3n) is 10.5. The van der Waals surface area contributed by atoms with Gasteiger partial charge in [0.15, 0.2) is 0 Å². The van der Waals surface area contributed by atoms with E-state index in [1.54, 1.807) is 7.11 Å². The second-order valence-corrected chi connectivity index (χ2v) is 12.2. The number of carbonyl (C=O) groups is 2. The van der Waals surface area contributed by atoms with Crippen LogP contribution in [0.25, 0.3) is 0 Å². The molecular weight excluding hydrogens is 548 g/mol. The summed E-state index contributed by atoms with van der Waals surface area (Å²) in [5.41, 5.74) is 0.449. The van der Waals surface area contributed by atoms with E-state index in [0.29, 0.717) is 41.9 Å². The topological polar surface area (TPSA) is 107 Å². The van der Waals surface area contributed by atoms with Crippen molar-refractivity contribution in [3.8, 4) is 0 Å². The maximum atomic E-state index is 13.3. The Hall–Kier alpha value is -0.350. The van der Waals surface area contributed by atoms with Crippen molar-refractivity contribution in [3.05, 3.63) is 0 Å². The number of aliphatic carboxylic acids is 2. The SMILES string of the molecule is CC.CO.COCC[C@@H](C)C1CCC2C3CCC4CC(C(F)(F)F)CCC4C3CCC21C.O=C([O-])CCC(=O)O.[Na+]. The summed E-state index contributed by atoms with van der Waals surface area (Å²) in [4.78, 5) is 19.1. The van der Waals surface area contributed by atoms with Gasteiger partial charge in [-0.15, -0.1) is 0 Å². The van der Waals surface area contributed by atoms with Crippen molar-refractivity contribution in [2.75, 3.05) is 20.8 Å². The van der Waals surface area contributed by atoms with Gasteiger partial charge in [0.2, 0.25) is 0 Å². The molecular formula is C31H54F3NaO6. The molecule has 8 unspecified atom stereocenters. The number of alkyl halides is 3. The van der Waals surface area contributed by atoms with Crippen LogP contribution in [-0.2, 0) is 14.3 Å². The second kappa shape index (κ2) is 19.1. The van der Waals surface area contributed by atoms with Crippen LogP contribution in [0.5, 0.6) is 0 Å². The summed E-state index contributed by atoms with van der Waals surface area (Å²) in [5.74, 6) is 1.25. The average Bonchev–Trinajstić information content (AvgIpc) is 3.29. The van der Waals surface area contributed by atoms with E-state index in [2.05, 4.69) is 13.8 Å². The fourth-order valence-electron chi connectivity index (χ4n) is 8.84. The molecule has 4 fully saturated rings. The summed E-state index contributed by atoms with van der Waals surface area (Å²) in [6, 6.07) is 0. The Labute approximate surface area is 267 Å². The number of rotatable bonds is 7. The Morgan fingerprint density at radius 3 is 2.10 bits per heavy atom. The third-order valence-corrected chi connectivity index (χ3v) is 10.5. The number of carbonyl (C=O) groups excluding carboxylic acids is 1. The van der Waals surface area contributed by atoms with Gasteiger partial charge in [-0.05, 0) is 117 Å². The van der Waals surface area contributed by atoms with E-state index in [1.807, 2.05) is 13.8 Å². The first kappa shape index (κ1) is 40.6. The molecule has 6 nitrogen and oxygen atoms in total. The normalized spacial score (nSPS) is 34.1. The van der Waals surface area contributed by atoms with E-state index in [4.69, 9.17) is 14.9 Å². The van der Waals surface area contributed by atoms with E-state index in [0.717, 1.165) is 50.7 Å². The molecule has 0 spiro atoms. The van der Waals surface area contributed by atoms with Gasteiger partial charge in [0, 0.05) is 26.8 Å². The van der Waals surface area contributed by atoms with Gasteiger partial charge < -0.3 is 24.9 Å². The van der Waals surface area contributed by atoms with Crippen LogP contribution in [0, 0.1) is 52.8 Å². The first-order valence-corrected chi connectivity index (χ1v) is 15.3. The summed E-state index contributed by atoms with van der Waals surface area (Å²) >= 11 is 0. The van der Waals surface area contributed by atoms with Gasteiger partial charge in [0.25, 0.3) is 0 Å². The molecule has 9 atom stereocenters. The zero-order chi connectivity index (χ0) is 30.7. The van der Waals surface area contributed by atoms with Gasteiger partial charge in [-0.2, -0.15) is 13.2 Å². The number of halogens is 3. The zero-order valence-corrected chi connectivity index (χ0v) is 28.5. The standard InChI is InChI=1S/C24H39F3O.C4H6O4.C2H6.CH4O.Na/c1-15(11-13-28-3)21-8-9-22-20-6-4-16-14-17(24(25,26)27)5-7-18(16)19(20)10-12-23(21,22)2;5-3(6)1-2-4(7)8;2*1-2;/h15-22H,4-14H2,1-3H3;1-2H2,(H,5,6)(H,7,8);1-2H3;2H,1H3;/q;;;;+1/p-1/t15-,16?,17?,18?,19?,20?,21?,22?,23?;;;;/m1..../s1. The van der Waals surface area contributed by atoms with Crippen LogP contribution in [0.15, 0.2) is 0 Å². The molecule has 10 heteroatoms. The number of ether oxygens (including phenoxy) is 1. The van der Waals surface area contributed by atoms with Crippen LogP contribution < -0.4 is 34.7 Å². The van der Waals surface area contributed by atoms with E-state index in [-0.39, 0.29) is 36.0 Å². The molecule has 0 bridgehead atoms. The minimum atomic E-state index is -3.98. The Bertz CT molecular complexity index is 753. The van der Waals surface area contributed by atoms with Crippen LogP contribution in [0.1, 0.15) is 105 Å². The molecule has 0 aromatic carbocycles. The fourth-order valence-corrected chi connectivity index (χ4v) is 8.84. The van der Waals surface area contributed by atoms with Gasteiger partial charge in [0.1, 0.15) is 0 Å². The molecule has 4 saturated carbocycles. The van der Waals surface area contributed by atoms with Crippen molar-refractivity contribution in [2.45, 2.75) is 111 Å². The van der Waals surface area contributed by atoms with Crippen LogP contribution in [0.4, 0.5) is 13.2 Å². The van der Waals surface area contributed by atoms with Gasteiger partial charge in [-0.1, -0.05) is 27.7 Å². The summed E-state index contributed by atoms with van der Waals surface area (Å²) in [6.07, 6.45) is 5.53. The summed E-state index contributed by atoms with van der Waals surface area (Å²) in [6.45, 7) is 9.83. The number of aliphatic hydroxyl groups excluding tert-OH is 1. The fraction of sp³-hybridized carbons (Fsp3) is 0.935. The number of hydrogen-bond donors (Lipinski definition) is 2. The molecule has 0 radical (unpaired) electrons. The molecule has 0 aliphatic heterocycles. The van der Waals surface area contributed by atoms with Crippen LogP contribution >= 0.6 is 0 Å². The van der Waals surface area contributed by atoms with E-state index < -0.39 is 30.5 Å². The summed E-state index contributed by atoms with van der Waals surface area (Å²) in [7, 11) is 2.79. The minimum Gasteiger partial charge on any atom is -0.550 e. The number of hydrogen-bond acceptors (Lipinski definition) is 5. The van der Waals surface area contributed by atoms with Crippen LogP contribution in [-0.4, -0.2) is 49.2 Å². The van der Waals surface area contributed by atoms with Gasteiger partial charge >= 0.3 is 41.7 Å². The largest absolute Gasteiger partial charge is 1.00 e. The number of carboxylic acid groups (broad SMARTS) is 2. The van der Waals surface area contributed by atoms with Crippen molar-refractivity contribution in [1.29, 1.82) is 0 Å². The van der Waals surface area contributed by atoms with Gasteiger partial charge in [0.05, 0.1) is 12.3 Å². The molecule has 236 valence electrons. The Balaban J connectivity index is 0.00000106.